The molecule has 0 saturated heterocycles. The Hall–Kier alpha value is -2.10. The lowest BCUT2D eigenvalue weighted by Crippen LogP contribution is -2.24. The minimum atomic E-state index is 0.193. The highest BCUT2D eigenvalue weighted by atomic mass is 16.5. The van der Waals surface area contributed by atoms with Gasteiger partial charge >= 0.3 is 0 Å². The first-order valence-corrected chi connectivity index (χ1v) is 9.81. The molecule has 1 aromatic heterocycles. The quantitative estimate of drug-likeness (QED) is 0.800. The van der Waals surface area contributed by atoms with Crippen molar-refractivity contribution in [1.82, 2.24) is 9.97 Å². The predicted octanol–water partition coefficient (Wildman–Crippen LogP) is 5.23. The summed E-state index contributed by atoms with van der Waals surface area (Å²) in [7, 11) is 0. The van der Waals surface area contributed by atoms with Crippen LogP contribution < -0.4 is 10.1 Å². The van der Waals surface area contributed by atoms with Crippen LogP contribution in [0.15, 0.2) is 12.1 Å². The standard InChI is InChI=1S/C22H31N3O/c1-7-17(8-2)26-22-21-20(24-16(6)25-22)18(9-10-23-21)19-14(4)11-13(3)12-15(19)5/h11-12,17-18,23H,7-10H2,1-6H3. The van der Waals surface area contributed by atoms with Crippen LogP contribution in [0, 0.1) is 27.7 Å². The fraction of sp³-hybridized carbons (Fsp3) is 0.545. The molecule has 1 aliphatic heterocycles. The zero-order valence-corrected chi connectivity index (χ0v) is 16.9. The highest BCUT2D eigenvalue weighted by molar-refractivity contribution is 5.62. The van der Waals surface area contributed by atoms with Crippen molar-refractivity contribution in [3.05, 3.63) is 45.9 Å². The summed E-state index contributed by atoms with van der Waals surface area (Å²) in [5, 5.41) is 3.51. The lowest BCUT2D eigenvalue weighted by molar-refractivity contribution is 0.185. The minimum Gasteiger partial charge on any atom is -0.473 e. The summed E-state index contributed by atoms with van der Waals surface area (Å²) in [6.07, 6.45) is 3.19. The summed E-state index contributed by atoms with van der Waals surface area (Å²) >= 11 is 0. The van der Waals surface area contributed by atoms with Gasteiger partial charge in [0.2, 0.25) is 5.88 Å². The number of nitrogens with one attached hydrogen (secondary N) is 1. The van der Waals surface area contributed by atoms with Gasteiger partial charge < -0.3 is 10.1 Å². The van der Waals surface area contributed by atoms with E-state index in [1.165, 1.54) is 22.3 Å². The Balaban J connectivity index is 2.09. The fourth-order valence-corrected chi connectivity index (χ4v) is 4.18. The summed E-state index contributed by atoms with van der Waals surface area (Å²) in [6, 6.07) is 4.55. The molecular formula is C22H31N3O. The van der Waals surface area contributed by atoms with Crippen molar-refractivity contribution in [3.8, 4) is 5.88 Å². The first-order chi connectivity index (χ1) is 12.4. The van der Waals surface area contributed by atoms with Crippen LogP contribution in [0.5, 0.6) is 5.88 Å². The average molecular weight is 354 g/mol. The molecule has 1 unspecified atom stereocenters. The second-order valence-corrected chi connectivity index (χ2v) is 7.47. The SMILES string of the molecule is CCC(CC)Oc1nc(C)nc2c1NCCC2c1c(C)cc(C)cc1C. The molecule has 0 spiro atoms. The number of aromatic nitrogens is 2. The largest absolute Gasteiger partial charge is 0.473 e. The molecule has 3 rings (SSSR count). The molecule has 0 aliphatic carbocycles. The molecule has 0 amide bonds. The minimum absolute atomic E-state index is 0.193. The molecule has 140 valence electrons. The molecule has 1 N–H and O–H groups in total. The van der Waals surface area contributed by atoms with E-state index in [9.17, 15) is 0 Å². The molecule has 2 heterocycles. The number of fused-ring (bicyclic) bond motifs is 1. The number of hydrogen-bond acceptors (Lipinski definition) is 4. The number of ether oxygens (including phenoxy) is 1. The Morgan fingerprint density at radius 2 is 1.73 bits per heavy atom. The zero-order valence-electron chi connectivity index (χ0n) is 16.9. The molecule has 4 nitrogen and oxygen atoms in total. The summed E-state index contributed by atoms with van der Waals surface area (Å²) < 4.78 is 6.24. The van der Waals surface area contributed by atoms with Gasteiger partial charge in [0.1, 0.15) is 17.6 Å². The smallest absolute Gasteiger partial charge is 0.241 e. The Labute approximate surface area is 157 Å². The highest BCUT2D eigenvalue weighted by Gasteiger charge is 2.30. The second-order valence-electron chi connectivity index (χ2n) is 7.47. The van der Waals surface area contributed by atoms with E-state index in [2.05, 4.69) is 57.1 Å². The maximum absolute atomic E-state index is 6.24. The first kappa shape index (κ1) is 18.7. The average Bonchev–Trinajstić information content (AvgIpc) is 2.59. The third-order valence-electron chi connectivity index (χ3n) is 5.36. The van der Waals surface area contributed by atoms with Crippen LogP contribution in [0.4, 0.5) is 5.69 Å². The summed E-state index contributed by atoms with van der Waals surface area (Å²) in [6.45, 7) is 13.8. The number of hydrogen-bond donors (Lipinski definition) is 1. The van der Waals surface area contributed by atoms with E-state index in [0.29, 0.717) is 5.88 Å². The Kier molecular flexibility index (Phi) is 5.49. The van der Waals surface area contributed by atoms with E-state index < -0.39 is 0 Å². The Morgan fingerprint density at radius 1 is 1.08 bits per heavy atom. The van der Waals surface area contributed by atoms with Crippen molar-refractivity contribution in [3.63, 3.8) is 0 Å². The van der Waals surface area contributed by atoms with Crippen LogP contribution in [0.25, 0.3) is 0 Å². The van der Waals surface area contributed by atoms with Crippen molar-refractivity contribution >= 4 is 5.69 Å². The highest BCUT2D eigenvalue weighted by Crippen LogP contribution is 2.42. The van der Waals surface area contributed by atoms with Crippen molar-refractivity contribution in [2.75, 3.05) is 11.9 Å². The van der Waals surface area contributed by atoms with Gasteiger partial charge in [-0.05, 0) is 63.6 Å². The lowest BCUT2D eigenvalue weighted by atomic mass is 9.83. The van der Waals surface area contributed by atoms with Crippen LogP contribution in [0.2, 0.25) is 0 Å². The van der Waals surface area contributed by atoms with Crippen molar-refractivity contribution in [2.24, 2.45) is 0 Å². The van der Waals surface area contributed by atoms with Gasteiger partial charge in [0.15, 0.2) is 0 Å². The van der Waals surface area contributed by atoms with Crippen LogP contribution >= 0.6 is 0 Å². The molecule has 1 atom stereocenters. The number of aryl methyl sites for hydroxylation is 4. The van der Waals surface area contributed by atoms with E-state index in [4.69, 9.17) is 9.72 Å². The molecule has 0 bridgehead atoms. The predicted molar refractivity (Wildman–Crippen MR) is 107 cm³/mol. The van der Waals surface area contributed by atoms with E-state index in [1.54, 1.807) is 0 Å². The molecule has 1 aromatic carbocycles. The molecule has 0 radical (unpaired) electrons. The molecule has 26 heavy (non-hydrogen) atoms. The molecular weight excluding hydrogens is 322 g/mol. The van der Waals surface area contributed by atoms with Gasteiger partial charge in [-0.1, -0.05) is 31.5 Å². The van der Waals surface area contributed by atoms with Crippen molar-refractivity contribution in [2.45, 2.75) is 72.8 Å². The van der Waals surface area contributed by atoms with Crippen molar-refractivity contribution in [1.29, 1.82) is 0 Å². The molecule has 0 fully saturated rings. The number of rotatable bonds is 5. The maximum atomic E-state index is 6.24. The zero-order chi connectivity index (χ0) is 18.8. The number of nitrogens with zero attached hydrogens (tertiary/aromatic N) is 2. The van der Waals surface area contributed by atoms with Gasteiger partial charge in [-0.25, -0.2) is 4.98 Å². The van der Waals surface area contributed by atoms with Gasteiger partial charge in [0, 0.05) is 12.5 Å². The summed E-state index contributed by atoms with van der Waals surface area (Å²) in [5.41, 5.74) is 7.48. The van der Waals surface area contributed by atoms with Crippen molar-refractivity contribution < 1.29 is 4.74 Å². The van der Waals surface area contributed by atoms with Gasteiger partial charge in [-0.2, -0.15) is 4.98 Å². The second kappa shape index (κ2) is 7.65. The van der Waals surface area contributed by atoms with Gasteiger partial charge in [-0.15, -0.1) is 0 Å². The lowest BCUT2D eigenvalue weighted by Gasteiger charge is -2.30. The number of benzene rings is 1. The molecule has 0 saturated carbocycles. The van der Waals surface area contributed by atoms with Gasteiger partial charge in [0.25, 0.3) is 0 Å². The third kappa shape index (κ3) is 3.55. The Bertz CT molecular complexity index is 773. The van der Waals surface area contributed by atoms with Crippen LogP contribution in [-0.2, 0) is 0 Å². The maximum Gasteiger partial charge on any atom is 0.241 e. The van der Waals surface area contributed by atoms with Gasteiger partial charge in [-0.3, -0.25) is 0 Å². The summed E-state index contributed by atoms with van der Waals surface area (Å²) in [5.74, 6) is 1.78. The normalized spacial score (nSPS) is 16.3. The fourth-order valence-electron chi connectivity index (χ4n) is 4.18. The van der Waals surface area contributed by atoms with Gasteiger partial charge in [0.05, 0.1) is 5.69 Å². The van der Waals surface area contributed by atoms with E-state index in [0.717, 1.165) is 43.0 Å². The molecule has 4 heteroatoms. The molecule has 1 aliphatic rings. The third-order valence-corrected chi connectivity index (χ3v) is 5.36. The van der Waals surface area contributed by atoms with Crippen LogP contribution in [0.3, 0.4) is 0 Å². The van der Waals surface area contributed by atoms with E-state index >= 15 is 0 Å². The molecule has 2 aromatic rings. The first-order valence-electron chi connectivity index (χ1n) is 9.81. The monoisotopic (exact) mass is 353 g/mol. The Morgan fingerprint density at radius 3 is 2.35 bits per heavy atom. The van der Waals surface area contributed by atoms with E-state index in [1.807, 2.05) is 6.92 Å². The number of anilines is 1. The summed E-state index contributed by atoms with van der Waals surface area (Å²) in [4.78, 5) is 9.46. The van der Waals surface area contributed by atoms with Crippen LogP contribution in [-0.4, -0.2) is 22.6 Å². The topological polar surface area (TPSA) is 47.0 Å². The van der Waals surface area contributed by atoms with E-state index in [-0.39, 0.29) is 12.0 Å². The van der Waals surface area contributed by atoms with Crippen LogP contribution in [0.1, 0.15) is 72.8 Å².